The molecule has 2 aromatic carbocycles. The summed E-state index contributed by atoms with van der Waals surface area (Å²) >= 11 is 6.59. The van der Waals surface area contributed by atoms with E-state index in [1.54, 1.807) is 6.07 Å². The molecule has 2 aromatic heterocycles. The van der Waals surface area contributed by atoms with Crippen molar-refractivity contribution in [2.24, 2.45) is 5.92 Å². The van der Waals surface area contributed by atoms with Gasteiger partial charge in [0.1, 0.15) is 18.3 Å². The number of benzene rings is 2. The molecule has 0 radical (unpaired) electrons. The van der Waals surface area contributed by atoms with Gasteiger partial charge in [0.15, 0.2) is 11.8 Å². The van der Waals surface area contributed by atoms with Crippen LogP contribution in [0.3, 0.4) is 0 Å². The SMILES string of the molecule is O=C(O)C1CC1c1ccc(-c2ccc(-c3nc4nc(OC5COC6C(O)COC56)[nH]c4cc3Cl)cc2)cc1. The number of aromatic nitrogens is 3. The summed E-state index contributed by atoms with van der Waals surface area (Å²) < 4.78 is 17.2. The van der Waals surface area contributed by atoms with E-state index < -0.39 is 12.1 Å². The second-order valence-electron chi connectivity index (χ2n) is 10.0. The van der Waals surface area contributed by atoms with E-state index in [0.717, 1.165) is 22.3 Å². The number of hydrogen-bond acceptors (Lipinski definition) is 7. The third kappa shape index (κ3) is 4.12. The fourth-order valence-electron chi connectivity index (χ4n) is 5.42. The van der Waals surface area contributed by atoms with Crippen LogP contribution in [-0.4, -0.2) is 68.8 Å². The number of carbonyl (C=O) groups is 1. The monoisotopic (exact) mass is 533 g/mol. The minimum Gasteiger partial charge on any atom is -0.481 e. The average Bonchev–Trinajstić information content (AvgIpc) is 3.30. The van der Waals surface area contributed by atoms with Crippen molar-refractivity contribution < 1.29 is 29.2 Å². The number of aromatic amines is 1. The zero-order chi connectivity index (χ0) is 26.0. The Morgan fingerprint density at radius 2 is 1.66 bits per heavy atom. The number of imidazole rings is 1. The maximum Gasteiger partial charge on any atom is 0.307 e. The third-order valence-corrected chi connectivity index (χ3v) is 7.88. The van der Waals surface area contributed by atoms with E-state index >= 15 is 0 Å². The minimum absolute atomic E-state index is 0.118. The molecule has 9 nitrogen and oxygen atoms in total. The Labute approximate surface area is 222 Å². The molecule has 0 bridgehead atoms. The van der Waals surface area contributed by atoms with Crippen LogP contribution in [0, 0.1) is 5.92 Å². The second kappa shape index (κ2) is 9.06. The van der Waals surface area contributed by atoms with E-state index in [-0.39, 0.29) is 36.8 Å². The third-order valence-electron chi connectivity index (χ3n) is 7.59. The van der Waals surface area contributed by atoms with Gasteiger partial charge in [0.2, 0.25) is 0 Å². The number of hydrogen-bond donors (Lipinski definition) is 3. The highest BCUT2D eigenvalue weighted by Gasteiger charge is 2.48. The fraction of sp³-hybridized carbons (Fsp3) is 0.321. The Morgan fingerprint density at radius 3 is 2.37 bits per heavy atom. The molecule has 1 aliphatic carbocycles. The Hall–Kier alpha value is -3.50. The topological polar surface area (TPSA) is 127 Å². The van der Waals surface area contributed by atoms with Gasteiger partial charge in [-0.3, -0.25) is 4.79 Å². The maximum absolute atomic E-state index is 11.2. The van der Waals surface area contributed by atoms with Gasteiger partial charge in [0.05, 0.1) is 35.4 Å². The Bertz CT molecular complexity index is 1520. The zero-order valence-electron chi connectivity index (χ0n) is 20.1. The Kier molecular flexibility index (Phi) is 5.63. The lowest BCUT2D eigenvalue weighted by molar-refractivity contribution is -0.138. The van der Waals surface area contributed by atoms with Gasteiger partial charge in [-0.15, -0.1) is 0 Å². The summed E-state index contributed by atoms with van der Waals surface area (Å²) in [5.74, 6) is -0.863. The molecule has 3 N–H and O–H groups in total. The summed E-state index contributed by atoms with van der Waals surface area (Å²) in [7, 11) is 0. The summed E-state index contributed by atoms with van der Waals surface area (Å²) in [5, 5.41) is 19.6. The number of pyridine rings is 1. The molecule has 3 aliphatic rings. The molecule has 194 valence electrons. The van der Waals surface area contributed by atoms with Crippen molar-refractivity contribution in [2.45, 2.75) is 36.8 Å². The molecule has 7 rings (SSSR count). The van der Waals surface area contributed by atoms with Gasteiger partial charge in [-0.25, -0.2) is 4.98 Å². The van der Waals surface area contributed by atoms with Crippen LogP contribution >= 0.6 is 11.6 Å². The van der Waals surface area contributed by atoms with Crippen molar-refractivity contribution >= 4 is 28.7 Å². The number of nitrogens with one attached hydrogen (secondary N) is 1. The predicted octanol–water partition coefficient (Wildman–Crippen LogP) is 4.04. The largest absolute Gasteiger partial charge is 0.481 e. The van der Waals surface area contributed by atoms with E-state index in [4.69, 9.17) is 30.9 Å². The van der Waals surface area contributed by atoms with Gasteiger partial charge in [-0.1, -0.05) is 60.1 Å². The fourth-order valence-corrected chi connectivity index (χ4v) is 5.68. The predicted molar refractivity (Wildman–Crippen MR) is 138 cm³/mol. The average molecular weight is 534 g/mol. The van der Waals surface area contributed by atoms with Crippen LogP contribution in [0.1, 0.15) is 17.9 Å². The molecular weight excluding hydrogens is 510 g/mol. The first-order valence-corrected chi connectivity index (χ1v) is 12.9. The summed E-state index contributed by atoms with van der Waals surface area (Å²) in [4.78, 5) is 23.4. The van der Waals surface area contributed by atoms with Crippen LogP contribution < -0.4 is 4.74 Å². The number of aliphatic hydroxyl groups is 1. The molecule has 2 saturated heterocycles. The lowest BCUT2D eigenvalue weighted by Crippen LogP contribution is -2.34. The smallest absolute Gasteiger partial charge is 0.307 e. The Balaban J connectivity index is 1.08. The highest BCUT2D eigenvalue weighted by Crippen LogP contribution is 2.47. The van der Waals surface area contributed by atoms with Crippen LogP contribution in [0.25, 0.3) is 33.5 Å². The number of rotatable bonds is 6. The number of aliphatic hydroxyl groups excluding tert-OH is 1. The van der Waals surface area contributed by atoms with Crippen molar-refractivity contribution in [1.29, 1.82) is 0 Å². The normalized spacial score (nSPS) is 27.9. The summed E-state index contributed by atoms with van der Waals surface area (Å²) in [6.07, 6.45) is -1.04. The van der Waals surface area contributed by atoms with E-state index in [1.165, 1.54) is 0 Å². The number of carboxylic acid groups (broad SMARTS) is 1. The number of nitrogens with zero attached hydrogens (tertiary/aromatic N) is 2. The minimum atomic E-state index is -0.723. The highest BCUT2D eigenvalue weighted by molar-refractivity contribution is 6.33. The van der Waals surface area contributed by atoms with Gasteiger partial charge in [-0.05, 0) is 35.1 Å². The number of fused-ring (bicyclic) bond motifs is 2. The maximum atomic E-state index is 11.2. The van der Waals surface area contributed by atoms with Crippen LogP contribution in [-0.2, 0) is 14.3 Å². The molecule has 38 heavy (non-hydrogen) atoms. The van der Waals surface area contributed by atoms with Crippen molar-refractivity contribution in [1.82, 2.24) is 15.0 Å². The molecule has 0 spiro atoms. The lowest BCUT2D eigenvalue weighted by atomic mass is 10.00. The highest BCUT2D eigenvalue weighted by atomic mass is 35.5. The molecule has 0 amide bonds. The van der Waals surface area contributed by atoms with Crippen LogP contribution in [0.2, 0.25) is 5.02 Å². The van der Waals surface area contributed by atoms with Crippen LogP contribution in [0.5, 0.6) is 6.01 Å². The zero-order valence-corrected chi connectivity index (χ0v) is 20.8. The molecule has 4 aromatic rings. The molecule has 10 heteroatoms. The van der Waals surface area contributed by atoms with E-state index in [1.807, 2.05) is 48.5 Å². The molecule has 4 heterocycles. The molecule has 1 saturated carbocycles. The summed E-state index contributed by atoms with van der Waals surface area (Å²) in [6, 6.07) is 18.1. The van der Waals surface area contributed by atoms with E-state index in [0.29, 0.717) is 40.9 Å². The molecule has 6 unspecified atom stereocenters. The van der Waals surface area contributed by atoms with E-state index in [9.17, 15) is 9.90 Å². The molecule has 2 aliphatic heterocycles. The standard InChI is InChI=1S/C28H24ClN3O6/c29-19-10-20-26(32-28(30-20)38-22-12-37-24-21(33)11-36-25(22)24)31-23(19)16-7-3-14(4-8-16)13-1-5-15(6-2-13)17-9-18(17)27(34)35/h1-8,10,17-18,21-22,24-25,33H,9,11-12H2,(H,34,35)(H,30,31,32). The van der Waals surface area contributed by atoms with Crippen LogP contribution in [0.15, 0.2) is 54.6 Å². The van der Waals surface area contributed by atoms with E-state index in [2.05, 4.69) is 15.0 Å². The van der Waals surface area contributed by atoms with Crippen LogP contribution in [0.4, 0.5) is 0 Å². The first-order valence-electron chi connectivity index (χ1n) is 12.5. The molecule has 6 atom stereocenters. The first kappa shape index (κ1) is 23.6. The Morgan fingerprint density at radius 1 is 0.974 bits per heavy atom. The molecular formula is C28H24ClN3O6. The van der Waals surface area contributed by atoms with Crippen molar-refractivity contribution in [3.8, 4) is 28.4 Å². The van der Waals surface area contributed by atoms with Gasteiger partial charge in [0, 0.05) is 5.56 Å². The van der Waals surface area contributed by atoms with Gasteiger partial charge in [0.25, 0.3) is 6.01 Å². The number of halogens is 1. The van der Waals surface area contributed by atoms with Gasteiger partial charge in [-0.2, -0.15) is 4.98 Å². The molecule has 3 fully saturated rings. The number of ether oxygens (including phenoxy) is 3. The van der Waals surface area contributed by atoms with Crippen molar-refractivity contribution in [2.75, 3.05) is 13.2 Å². The second-order valence-corrected chi connectivity index (χ2v) is 10.4. The van der Waals surface area contributed by atoms with Gasteiger partial charge < -0.3 is 29.4 Å². The summed E-state index contributed by atoms with van der Waals surface area (Å²) in [5.41, 5.74) is 5.74. The number of H-pyrrole nitrogens is 1. The lowest BCUT2D eigenvalue weighted by Gasteiger charge is -2.15. The number of carboxylic acids is 1. The first-order chi connectivity index (χ1) is 18.4. The van der Waals surface area contributed by atoms with Crippen molar-refractivity contribution in [3.05, 3.63) is 65.2 Å². The van der Waals surface area contributed by atoms with Gasteiger partial charge >= 0.3 is 5.97 Å². The van der Waals surface area contributed by atoms with Crippen molar-refractivity contribution in [3.63, 3.8) is 0 Å². The summed E-state index contributed by atoms with van der Waals surface area (Å²) in [6.45, 7) is 0.537. The quantitative estimate of drug-likeness (QED) is 0.339. The number of aliphatic carboxylic acids is 1.